The monoisotopic (exact) mass is 349 g/mol. The number of carbonyl (C=O) groups is 2. The highest BCUT2D eigenvalue weighted by Gasteiger charge is 2.35. The van der Waals surface area contributed by atoms with Gasteiger partial charge in [0.25, 0.3) is 0 Å². The molecule has 0 unspecified atom stereocenters. The van der Waals surface area contributed by atoms with Crippen molar-refractivity contribution in [2.45, 2.75) is 25.2 Å². The molecule has 1 aliphatic heterocycles. The lowest BCUT2D eigenvalue weighted by atomic mass is 9.93. The number of para-hydroxylation sites is 1. The lowest BCUT2D eigenvalue weighted by Gasteiger charge is -2.33. The Morgan fingerprint density at radius 1 is 1.33 bits per heavy atom. The maximum atomic E-state index is 12.8. The number of halogens is 1. The summed E-state index contributed by atoms with van der Waals surface area (Å²) in [4.78, 5) is 30.8. The van der Waals surface area contributed by atoms with Gasteiger partial charge in [-0.15, -0.1) is 11.3 Å². The van der Waals surface area contributed by atoms with Gasteiger partial charge in [0.1, 0.15) is 5.01 Å². The number of hydrogen-bond acceptors (Lipinski definition) is 4. The van der Waals surface area contributed by atoms with Crippen LogP contribution in [0, 0.1) is 5.92 Å². The molecule has 0 radical (unpaired) electrons. The summed E-state index contributed by atoms with van der Waals surface area (Å²) in [7, 11) is 0. The highest BCUT2D eigenvalue weighted by atomic mass is 32.1. The standard InChI is InChI=1S/C17H20FN3O2S/c18-8-5-11-6-9-21(10-7-11)17(23)14(15(19)22)16-20-12-3-1-2-4-13(12)24-16/h1-4,11,14H,5-10H2,(H2,19,22)/t14-/m1/s1. The Morgan fingerprint density at radius 3 is 2.67 bits per heavy atom. The zero-order chi connectivity index (χ0) is 17.1. The minimum absolute atomic E-state index is 0.291. The second-order valence-corrected chi connectivity index (χ2v) is 7.16. The molecule has 1 aromatic heterocycles. The zero-order valence-corrected chi connectivity index (χ0v) is 14.1. The lowest BCUT2D eigenvalue weighted by molar-refractivity contribution is -0.138. The minimum Gasteiger partial charge on any atom is -0.369 e. The van der Waals surface area contributed by atoms with Crippen molar-refractivity contribution < 1.29 is 14.0 Å². The van der Waals surface area contributed by atoms with Gasteiger partial charge in [0.2, 0.25) is 11.8 Å². The molecule has 2 aromatic rings. The number of nitrogens with two attached hydrogens (primary N) is 1. The third kappa shape index (κ3) is 3.40. The molecule has 1 aliphatic rings. The number of thiazole rings is 1. The van der Waals surface area contributed by atoms with Crippen LogP contribution in [-0.4, -0.2) is 41.5 Å². The third-order valence-electron chi connectivity index (χ3n) is 4.53. The number of fused-ring (bicyclic) bond motifs is 1. The van der Waals surface area contributed by atoms with Crippen LogP contribution in [0.15, 0.2) is 24.3 Å². The quantitative estimate of drug-likeness (QED) is 0.843. The van der Waals surface area contributed by atoms with E-state index in [9.17, 15) is 14.0 Å². The van der Waals surface area contributed by atoms with Gasteiger partial charge in [0.15, 0.2) is 5.92 Å². The first-order valence-corrected chi connectivity index (χ1v) is 8.91. The smallest absolute Gasteiger partial charge is 0.242 e. The topological polar surface area (TPSA) is 76.3 Å². The maximum Gasteiger partial charge on any atom is 0.242 e. The van der Waals surface area contributed by atoms with E-state index in [-0.39, 0.29) is 12.6 Å². The normalized spacial score (nSPS) is 17.1. The molecule has 3 rings (SSSR count). The van der Waals surface area contributed by atoms with Crippen molar-refractivity contribution in [2.75, 3.05) is 19.8 Å². The fourth-order valence-corrected chi connectivity index (χ4v) is 4.21. The van der Waals surface area contributed by atoms with Gasteiger partial charge in [-0.3, -0.25) is 14.0 Å². The number of nitrogens with zero attached hydrogens (tertiary/aromatic N) is 2. The molecule has 2 heterocycles. The van der Waals surface area contributed by atoms with Crippen molar-refractivity contribution in [2.24, 2.45) is 11.7 Å². The summed E-state index contributed by atoms with van der Waals surface area (Å²) in [5.74, 6) is -1.70. The molecule has 0 spiro atoms. The summed E-state index contributed by atoms with van der Waals surface area (Å²) in [5.41, 5.74) is 6.27. The average Bonchev–Trinajstić information content (AvgIpc) is 2.98. The van der Waals surface area contributed by atoms with Gasteiger partial charge in [-0.1, -0.05) is 12.1 Å². The summed E-state index contributed by atoms with van der Waals surface area (Å²) in [6.45, 7) is 0.755. The molecular weight excluding hydrogens is 329 g/mol. The molecule has 2 N–H and O–H groups in total. The molecule has 0 saturated carbocycles. The van der Waals surface area contributed by atoms with Crippen LogP contribution in [-0.2, 0) is 9.59 Å². The summed E-state index contributed by atoms with van der Waals surface area (Å²) in [5, 5.41) is 0.444. The molecular formula is C17H20FN3O2S. The van der Waals surface area contributed by atoms with Gasteiger partial charge >= 0.3 is 0 Å². The molecule has 0 aliphatic carbocycles. The number of primary amides is 1. The molecule has 2 amide bonds. The van der Waals surface area contributed by atoms with E-state index in [1.54, 1.807) is 4.90 Å². The van der Waals surface area contributed by atoms with Crippen LogP contribution in [0.2, 0.25) is 0 Å². The highest BCUT2D eigenvalue weighted by molar-refractivity contribution is 7.18. The number of likely N-dealkylation sites (tertiary alicyclic amines) is 1. The minimum atomic E-state index is -1.04. The van der Waals surface area contributed by atoms with E-state index in [1.165, 1.54) is 11.3 Å². The van der Waals surface area contributed by atoms with Crippen molar-refractivity contribution in [3.63, 3.8) is 0 Å². The first-order valence-electron chi connectivity index (χ1n) is 8.09. The first-order chi connectivity index (χ1) is 11.6. The summed E-state index contributed by atoms with van der Waals surface area (Å²) >= 11 is 1.33. The number of hydrogen-bond donors (Lipinski definition) is 1. The molecule has 24 heavy (non-hydrogen) atoms. The van der Waals surface area contributed by atoms with Crippen LogP contribution in [0.25, 0.3) is 10.2 Å². The number of aromatic nitrogens is 1. The second kappa shape index (κ2) is 7.25. The van der Waals surface area contributed by atoms with E-state index in [0.717, 1.165) is 23.1 Å². The number of rotatable bonds is 5. The van der Waals surface area contributed by atoms with Crippen LogP contribution in [0.4, 0.5) is 4.39 Å². The van der Waals surface area contributed by atoms with Crippen molar-refractivity contribution in [1.82, 2.24) is 9.88 Å². The predicted octanol–water partition coefficient (Wildman–Crippen LogP) is 2.46. The van der Waals surface area contributed by atoms with Gasteiger partial charge < -0.3 is 10.6 Å². The number of amides is 2. The fourth-order valence-electron chi connectivity index (χ4n) is 3.14. The van der Waals surface area contributed by atoms with Crippen LogP contribution in [0.3, 0.4) is 0 Å². The van der Waals surface area contributed by atoms with Crippen molar-refractivity contribution in [3.05, 3.63) is 29.3 Å². The average molecular weight is 349 g/mol. The van der Waals surface area contributed by atoms with E-state index in [2.05, 4.69) is 4.98 Å². The predicted molar refractivity (Wildman–Crippen MR) is 91.5 cm³/mol. The summed E-state index contributed by atoms with van der Waals surface area (Å²) in [6.07, 6.45) is 2.07. The molecule has 1 aromatic carbocycles. The van der Waals surface area contributed by atoms with Crippen LogP contribution in [0.5, 0.6) is 0 Å². The lowest BCUT2D eigenvalue weighted by Crippen LogP contribution is -2.44. The van der Waals surface area contributed by atoms with E-state index < -0.39 is 11.8 Å². The number of alkyl halides is 1. The molecule has 5 nitrogen and oxygen atoms in total. The third-order valence-corrected chi connectivity index (χ3v) is 5.63. The van der Waals surface area contributed by atoms with Crippen molar-refractivity contribution >= 4 is 33.4 Å². The van der Waals surface area contributed by atoms with Crippen LogP contribution in [0.1, 0.15) is 30.2 Å². The van der Waals surface area contributed by atoms with E-state index in [0.29, 0.717) is 30.4 Å². The van der Waals surface area contributed by atoms with Gasteiger partial charge in [0.05, 0.1) is 16.9 Å². The van der Waals surface area contributed by atoms with E-state index in [4.69, 9.17) is 5.73 Å². The Hall–Kier alpha value is -2.02. The molecule has 1 atom stereocenters. The largest absolute Gasteiger partial charge is 0.369 e. The Labute approximate surface area is 143 Å². The van der Waals surface area contributed by atoms with Crippen molar-refractivity contribution in [3.8, 4) is 0 Å². The molecule has 1 fully saturated rings. The number of piperidine rings is 1. The number of benzene rings is 1. The molecule has 7 heteroatoms. The maximum absolute atomic E-state index is 12.8. The second-order valence-electron chi connectivity index (χ2n) is 6.10. The highest BCUT2D eigenvalue weighted by Crippen LogP contribution is 2.30. The Balaban J connectivity index is 1.78. The summed E-state index contributed by atoms with van der Waals surface area (Å²) in [6, 6.07) is 7.51. The molecule has 1 saturated heterocycles. The fraction of sp³-hybridized carbons (Fsp3) is 0.471. The zero-order valence-electron chi connectivity index (χ0n) is 13.3. The Morgan fingerprint density at radius 2 is 2.04 bits per heavy atom. The van der Waals surface area contributed by atoms with E-state index >= 15 is 0 Å². The van der Waals surface area contributed by atoms with Crippen molar-refractivity contribution in [1.29, 1.82) is 0 Å². The SMILES string of the molecule is NC(=O)[C@@H](C(=O)N1CCC(CCF)CC1)c1nc2ccccc2s1. The van der Waals surface area contributed by atoms with Crippen LogP contribution < -0.4 is 5.73 Å². The Bertz CT molecular complexity index is 707. The summed E-state index contributed by atoms with van der Waals surface area (Å²) < 4.78 is 13.4. The van der Waals surface area contributed by atoms with Gasteiger partial charge in [-0.05, 0) is 37.3 Å². The van der Waals surface area contributed by atoms with Gasteiger partial charge in [-0.2, -0.15) is 0 Å². The first kappa shape index (κ1) is 16.8. The Kier molecular flexibility index (Phi) is 5.08. The van der Waals surface area contributed by atoms with Gasteiger partial charge in [0, 0.05) is 13.1 Å². The van der Waals surface area contributed by atoms with E-state index in [1.807, 2.05) is 24.3 Å². The number of carbonyl (C=O) groups excluding carboxylic acids is 2. The molecule has 0 bridgehead atoms. The molecule has 128 valence electrons. The van der Waals surface area contributed by atoms with Gasteiger partial charge in [-0.25, -0.2) is 4.98 Å². The van der Waals surface area contributed by atoms with Crippen LogP contribution >= 0.6 is 11.3 Å².